The molecule has 0 saturated heterocycles. The number of hydrogen-bond donors (Lipinski definition) is 1. The number of rotatable bonds is 5. The number of halogens is 1. The van der Waals surface area contributed by atoms with Crippen LogP contribution >= 0.6 is 22.6 Å². The third-order valence-electron chi connectivity index (χ3n) is 3.90. The largest absolute Gasteiger partial charge is 0.491 e. The van der Waals surface area contributed by atoms with Crippen LogP contribution in [0.25, 0.3) is 11.0 Å². The van der Waals surface area contributed by atoms with Gasteiger partial charge in [-0.2, -0.15) is 0 Å². The Morgan fingerprint density at radius 3 is 2.61 bits per heavy atom. The maximum atomic E-state index is 10.2. The first-order valence-corrected chi connectivity index (χ1v) is 8.59. The van der Waals surface area contributed by atoms with Gasteiger partial charge in [-0.3, -0.25) is 0 Å². The number of aromatic nitrogens is 2. The highest BCUT2D eigenvalue weighted by Crippen LogP contribution is 2.19. The van der Waals surface area contributed by atoms with E-state index in [1.807, 2.05) is 28.8 Å². The second kappa shape index (κ2) is 6.88. The lowest BCUT2D eigenvalue weighted by Crippen LogP contribution is -2.23. The fourth-order valence-electron chi connectivity index (χ4n) is 2.46. The zero-order chi connectivity index (χ0) is 16.4. The summed E-state index contributed by atoms with van der Waals surface area (Å²) < 4.78 is 8.77. The minimum Gasteiger partial charge on any atom is -0.491 e. The van der Waals surface area contributed by atoms with Crippen LogP contribution in [0.5, 0.6) is 5.75 Å². The van der Waals surface area contributed by atoms with E-state index in [-0.39, 0.29) is 6.61 Å². The summed E-state index contributed by atoms with van der Waals surface area (Å²) in [5, 5.41) is 10.2. The summed E-state index contributed by atoms with van der Waals surface area (Å²) in [7, 11) is 0. The summed E-state index contributed by atoms with van der Waals surface area (Å²) in [4.78, 5) is 4.41. The van der Waals surface area contributed by atoms with Crippen molar-refractivity contribution < 1.29 is 9.84 Å². The Labute approximate surface area is 149 Å². The molecule has 5 heteroatoms. The van der Waals surface area contributed by atoms with E-state index in [4.69, 9.17) is 4.74 Å². The van der Waals surface area contributed by atoms with E-state index < -0.39 is 6.10 Å². The Morgan fingerprint density at radius 2 is 1.87 bits per heavy atom. The number of imidazole rings is 1. The molecule has 1 aromatic heterocycles. The molecule has 2 aromatic carbocycles. The second-order valence-electron chi connectivity index (χ2n) is 5.74. The van der Waals surface area contributed by atoms with E-state index in [0.717, 1.165) is 20.4 Å². The summed E-state index contributed by atoms with van der Waals surface area (Å²) in [6, 6.07) is 12.0. The lowest BCUT2D eigenvalue weighted by Gasteiger charge is -2.14. The molecule has 4 nitrogen and oxygen atoms in total. The quantitative estimate of drug-likeness (QED) is 0.638. The molecule has 0 spiro atoms. The average molecular weight is 422 g/mol. The molecule has 1 atom stereocenters. The number of fused-ring (bicyclic) bond motifs is 1. The number of ether oxygens (including phenoxy) is 1. The van der Waals surface area contributed by atoms with Crippen molar-refractivity contribution in [3.05, 3.63) is 57.4 Å². The van der Waals surface area contributed by atoms with Crippen LogP contribution in [0.4, 0.5) is 0 Å². The minimum absolute atomic E-state index is 0.255. The van der Waals surface area contributed by atoms with Crippen LogP contribution in [-0.2, 0) is 6.54 Å². The average Bonchev–Trinajstić information content (AvgIpc) is 2.89. The van der Waals surface area contributed by atoms with Gasteiger partial charge in [0.25, 0.3) is 0 Å². The predicted octanol–water partition coefficient (Wildman–Crippen LogP) is 3.70. The highest BCUT2D eigenvalue weighted by Gasteiger charge is 2.10. The smallest absolute Gasteiger partial charge is 0.119 e. The maximum absolute atomic E-state index is 10.2. The number of aliphatic hydroxyl groups excluding tert-OH is 1. The zero-order valence-electron chi connectivity index (χ0n) is 13.2. The lowest BCUT2D eigenvalue weighted by atomic mass is 10.1. The Morgan fingerprint density at radius 1 is 1.17 bits per heavy atom. The van der Waals surface area contributed by atoms with Crippen LogP contribution in [0, 0.1) is 17.4 Å². The van der Waals surface area contributed by atoms with Crippen molar-refractivity contribution in [1.29, 1.82) is 0 Å². The standard InChI is InChI=1S/C18H19IN2O2/c1-12-7-17-18(8-13(12)2)21(11-20-17)9-15(22)10-23-16-5-3-14(19)4-6-16/h3-8,11,15,22H,9-10H2,1-2H3. The fraction of sp³-hybridized carbons (Fsp3) is 0.278. The third-order valence-corrected chi connectivity index (χ3v) is 4.62. The molecule has 3 aromatic rings. The molecule has 1 N–H and O–H groups in total. The number of hydrogen-bond acceptors (Lipinski definition) is 3. The molecule has 120 valence electrons. The summed E-state index contributed by atoms with van der Waals surface area (Å²) in [6.07, 6.45) is 1.19. The third kappa shape index (κ3) is 3.84. The van der Waals surface area contributed by atoms with Gasteiger partial charge in [0.15, 0.2) is 0 Å². The molecular formula is C18H19IN2O2. The van der Waals surface area contributed by atoms with Crippen LogP contribution in [0.2, 0.25) is 0 Å². The molecule has 3 rings (SSSR count). The summed E-state index contributed by atoms with van der Waals surface area (Å²) >= 11 is 2.25. The molecule has 0 amide bonds. The molecule has 1 heterocycles. The molecule has 1 unspecified atom stereocenters. The van der Waals surface area contributed by atoms with Crippen LogP contribution in [0.1, 0.15) is 11.1 Å². The van der Waals surface area contributed by atoms with Crippen molar-refractivity contribution in [1.82, 2.24) is 9.55 Å². The van der Waals surface area contributed by atoms with E-state index in [9.17, 15) is 5.11 Å². The Kier molecular flexibility index (Phi) is 4.87. The second-order valence-corrected chi connectivity index (χ2v) is 6.99. The van der Waals surface area contributed by atoms with Crippen molar-refractivity contribution in [3.63, 3.8) is 0 Å². The van der Waals surface area contributed by atoms with Gasteiger partial charge >= 0.3 is 0 Å². The predicted molar refractivity (Wildman–Crippen MR) is 99.9 cm³/mol. The SMILES string of the molecule is Cc1cc2ncn(CC(O)COc3ccc(I)cc3)c2cc1C. The minimum atomic E-state index is -0.590. The van der Waals surface area contributed by atoms with Gasteiger partial charge in [0.05, 0.1) is 23.9 Å². The van der Waals surface area contributed by atoms with Gasteiger partial charge in [-0.05, 0) is 84.0 Å². The molecule has 0 aliphatic heterocycles. The number of aryl methyl sites for hydroxylation is 2. The number of aliphatic hydroxyl groups is 1. The Bertz CT molecular complexity index is 812. The van der Waals surface area contributed by atoms with E-state index in [1.165, 1.54) is 11.1 Å². The van der Waals surface area contributed by atoms with E-state index >= 15 is 0 Å². The Hall–Kier alpha value is -1.60. The van der Waals surface area contributed by atoms with Crippen molar-refractivity contribution in [2.75, 3.05) is 6.61 Å². The van der Waals surface area contributed by atoms with Crippen LogP contribution < -0.4 is 4.74 Å². The monoisotopic (exact) mass is 422 g/mol. The van der Waals surface area contributed by atoms with Gasteiger partial charge < -0.3 is 14.4 Å². The molecule has 0 aliphatic carbocycles. The van der Waals surface area contributed by atoms with Crippen molar-refractivity contribution >= 4 is 33.6 Å². The zero-order valence-corrected chi connectivity index (χ0v) is 15.3. The normalized spacial score (nSPS) is 12.5. The highest BCUT2D eigenvalue weighted by atomic mass is 127. The van der Waals surface area contributed by atoms with E-state index in [0.29, 0.717) is 6.54 Å². The summed E-state index contributed by atoms with van der Waals surface area (Å²) in [5.41, 5.74) is 4.45. The first kappa shape index (κ1) is 16.3. The molecule has 0 aliphatic rings. The first-order valence-electron chi connectivity index (χ1n) is 7.51. The first-order chi connectivity index (χ1) is 11.0. The molecule has 0 saturated carbocycles. The molecule has 0 fully saturated rings. The van der Waals surface area contributed by atoms with E-state index in [2.05, 4.69) is 53.6 Å². The summed E-state index contributed by atoms with van der Waals surface area (Å²) in [6.45, 7) is 4.88. The van der Waals surface area contributed by atoms with Gasteiger partial charge in [-0.1, -0.05) is 0 Å². The maximum Gasteiger partial charge on any atom is 0.119 e. The fourth-order valence-corrected chi connectivity index (χ4v) is 2.82. The van der Waals surface area contributed by atoms with Crippen molar-refractivity contribution in [2.24, 2.45) is 0 Å². The molecule has 0 radical (unpaired) electrons. The highest BCUT2D eigenvalue weighted by molar-refractivity contribution is 14.1. The topological polar surface area (TPSA) is 47.3 Å². The van der Waals surface area contributed by atoms with Gasteiger partial charge in [0.2, 0.25) is 0 Å². The van der Waals surface area contributed by atoms with Crippen molar-refractivity contribution in [2.45, 2.75) is 26.5 Å². The Balaban J connectivity index is 1.67. The lowest BCUT2D eigenvalue weighted by molar-refractivity contribution is 0.0934. The van der Waals surface area contributed by atoms with Crippen LogP contribution in [-0.4, -0.2) is 27.4 Å². The molecular weight excluding hydrogens is 403 g/mol. The van der Waals surface area contributed by atoms with E-state index in [1.54, 1.807) is 6.33 Å². The van der Waals surface area contributed by atoms with Crippen molar-refractivity contribution in [3.8, 4) is 5.75 Å². The van der Waals surface area contributed by atoms with Crippen LogP contribution in [0.15, 0.2) is 42.7 Å². The van der Waals surface area contributed by atoms with Gasteiger partial charge in [-0.25, -0.2) is 4.98 Å². The number of nitrogens with zero attached hydrogens (tertiary/aromatic N) is 2. The van der Waals surface area contributed by atoms with Gasteiger partial charge in [-0.15, -0.1) is 0 Å². The number of benzene rings is 2. The van der Waals surface area contributed by atoms with Crippen LogP contribution in [0.3, 0.4) is 0 Å². The van der Waals surface area contributed by atoms with Gasteiger partial charge in [0.1, 0.15) is 18.5 Å². The molecule has 0 bridgehead atoms. The van der Waals surface area contributed by atoms with Gasteiger partial charge in [0, 0.05) is 3.57 Å². The molecule has 23 heavy (non-hydrogen) atoms. The summed E-state index contributed by atoms with van der Waals surface area (Å²) in [5.74, 6) is 0.770.